The van der Waals surface area contributed by atoms with Crippen LogP contribution < -0.4 is 5.32 Å². The molecular weight excluding hydrogens is 403 g/mol. The van der Waals surface area contributed by atoms with Gasteiger partial charge in [0.2, 0.25) is 11.8 Å². The van der Waals surface area contributed by atoms with Gasteiger partial charge < -0.3 is 10.2 Å². The minimum absolute atomic E-state index is 0.0244. The molecule has 1 saturated heterocycles. The van der Waals surface area contributed by atoms with Gasteiger partial charge in [0.15, 0.2) is 0 Å². The van der Waals surface area contributed by atoms with E-state index in [-0.39, 0.29) is 30.0 Å². The fourth-order valence-electron chi connectivity index (χ4n) is 3.89. The maximum Gasteiger partial charge on any atom is 0.245 e. The van der Waals surface area contributed by atoms with Crippen LogP contribution >= 0.6 is 11.6 Å². The molecule has 0 aromatic heterocycles. The Kier molecular flexibility index (Phi) is 7.48. The van der Waals surface area contributed by atoms with Gasteiger partial charge >= 0.3 is 0 Å². The van der Waals surface area contributed by atoms with Crippen molar-refractivity contribution in [1.29, 1.82) is 0 Å². The summed E-state index contributed by atoms with van der Waals surface area (Å²) in [6.45, 7) is 5.20. The number of nitrogens with one attached hydrogen (secondary N) is 1. The van der Waals surface area contributed by atoms with Crippen LogP contribution in [-0.4, -0.2) is 35.8 Å². The van der Waals surface area contributed by atoms with Crippen molar-refractivity contribution in [2.45, 2.75) is 45.1 Å². The van der Waals surface area contributed by atoms with Crippen molar-refractivity contribution >= 4 is 23.4 Å². The summed E-state index contributed by atoms with van der Waals surface area (Å²) in [7, 11) is 0. The summed E-state index contributed by atoms with van der Waals surface area (Å²) in [6, 6.07) is 13.2. The Balaban J connectivity index is 1.56. The summed E-state index contributed by atoms with van der Waals surface area (Å²) in [5.41, 5.74) is 1.96. The Morgan fingerprint density at radius 2 is 1.67 bits per heavy atom. The molecular formula is C24H28ClFN2O2. The second-order valence-corrected chi connectivity index (χ2v) is 8.68. The lowest BCUT2D eigenvalue weighted by molar-refractivity contribution is -0.138. The van der Waals surface area contributed by atoms with E-state index in [1.807, 2.05) is 30.9 Å². The van der Waals surface area contributed by atoms with Crippen LogP contribution in [-0.2, 0) is 16.0 Å². The zero-order valence-electron chi connectivity index (χ0n) is 17.4. The molecule has 2 aromatic rings. The average Bonchev–Trinajstić information content (AvgIpc) is 2.74. The largest absolute Gasteiger partial charge is 0.344 e. The lowest BCUT2D eigenvalue weighted by Gasteiger charge is -2.35. The second-order valence-electron chi connectivity index (χ2n) is 8.24. The fourth-order valence-corrected chi connectivity index (χ4v) is 4.02. The van der Waals surface area contributed by atoms with E-state index in [1.54, 1.807) is 12.1 Å². The van der Waals surface area contributed by atoms with Gasteiger partial charge in [-0.1, -0.05) is 49.7 Å². The predicted molar refractivity (Wildman–Crippen MR) is 117 cm³/mol. The quantitative estimate of drug-likeness (QED) is 0.729. The first-order valence-corrected chi connectivity index (χ1v) is 10.8. The number of carbonyl (C=O) groups excluding carboxylic acids is 2. The number of likely N-dealkylation sites (tertiary alicyclic amines) is 1. The molecule has 6 heteroatoms. The standard InChI is InChI=1S/C24H28ClFN2O2/c1-16(2)23(27-22(29)15-17-3-9-21(26)10-4-17)24(30)28-13-11-19(12-14-28)18-5-7-20(25)8-6-18/h3-10,16,19,23H,11-15H2,1-2H3,(H,27,29). The first-order valence-electron chi connectivity index (χ1n) is 10.4. The molecule has 1 heterocycles. The normalized spacial score (nSPS) is 15.8. The number of amides is 2. The highest BCUT2D eigenvalue weighted by Gasteiger charge is 2.31. The molecule has 2 amide bonds. The van der Waals surface area contributed by atoms with Crippen molar-refractivity contribution < 1.29 is 14.0 Å². The Hall–Kier alpha value is -2.40. The smallest absolute Gasteiger partial charge is 0.245 e. The van der Waals surface area contributed by atoms with E-state index in [9.17, 15) is 14.0 Å². The highest BCUT2D eigenvalue weighted by Crippen LogP contribution is 2.29. The Morgan fingerprint density at radius 3 is 2.23 bits per heavy atom. The molecule has 0 bridgehead atoms. The van der Waals surface area contributed by atoms with Crippen molar-refractivity contribution in [3.63, 3.8) is 0 Å². The molecule has 1 aliphatic heterocycles. The predicted octanol–water partition coefficient (Wildman–Crippen LogP) is 4.57. The van der Waals surface area contributed by atoms with Gasteiger partial charge in [-0.05, 0) is 60.1 Å². The minimum Gasteiger partial charge on any atom is -0.344 e. The maximum absolute atomic E-state index is 13.1. The van der Waals surface area contributed by atoms with Crippen molar-refractivity contribution in [2.75, 3.05) is 13.1 Å². The highest BCUT2D eigenvalue weighted by atomic mass is 35.5. The third-order valence-corrected chi connectivity index (χ3v) is 5.93. The highest BCUT2D eigenvalue weighted by molar-refractivity contribution is 6.30. The molecule has 2 aromatic carbocycles. The van der Waals surface area contributed by atoms with Crippen LogP contribution in [0.5, 0.6) is 0 Å². The topological polar surface area (TPSA) is 49.4 Å². The summed E-state index contributed by atoms with van der Waals surface area (Å²) in [5.74, 6) is -0.214. The number of hydrogen-bond acceptors (Lipinski definition) is 2. The Labute approximate surface area is 182 Å². The molecule has 160 valence electrons. The van der Waals surface area contributed by atoms with Gasteiger partial charge in [0.05, 0.1) is 6.42 Å². The van der Waals surface area contributed by atoms with Crippen LogP contribution in [0.1, 0.15) is 43.7 Å². The van der Waals surface area contributed by atoms with Crippen molar-refractivity contribution in [2.24, 2.45) is 5.92 Å². The molecule has 4 nitrogen and oxygen atoms in total. The number of nitrogens with zero attached hydrogens (tertiary/aromatic N) is 1. The number of rotatable bonds is 6. The average molecular weight is 431 g/mol. The third-order valence-electron chi connectivity index (χ3n) is 5.68. The van der Waals surface area contributed by atoms with Crippen LogP contribution in [0.15, 0.2) is 48.5 Å². The molecule has 30 heavy (non-hydrogen) atoms. The van der Waals surface area contributed by atoms with E-state index in [0.717, 1.165) is 17.9 Å². The first-order chi connectivity index (χ1) is 14.3. The minimum atomic E-state index is -0.565. The second kappa shape index (κ2) is 10.1. The summed E-state index contributed by atoms with van der Waals surface area (Å²) >= 11 is 5.98. The lowest BCUT2D eigenvalue weighted by atomic mass is 9.89. The SMILES string of the molecule is CC(C)C(NC(=O)Cc1ccc(F)cc1)C(=O)N1CCC(c2ccc(Cl)cc2)CC1. The van der Waals surface area contributed by atoms with Gasteiger partial charge in [-0.25, -0.2) is 4.39 Å². The van der Waals surface area contributed by atoms with Gasteiger partial charge in [-0.3, -0.25) is 9.59 Å². The van der Waals surface area contributed by atoms with E-state index < -0.39 is 6.04 Å². The van der Waals surface area contributed by atoms with E-state index in [1.165, 1.54) is 17.7 Å². The first kappa shape index (κ1) is 22.3. The van der Waals surface area contributed by atoms with Gasteiger partial charge in [-0.15, -0.1) is 0 Å². The number of hydrogen-bond donors (Lipinski definition) is 1. The molecule has 0 radical (unpaired) electrons. The molecule has 1 fully saturated rings. The number of benzene rings is 2. The van der Waals surface area contributed by atoms with Crippen molar-refractivity contribution in [1.82, 2.24) is 10.2 Å². The van der Waals surface area contributed by atoms with Gasteiger partial charge in [0.25, 0.3) is 0 Å². The lowest BCUT2D eigenvalue weighted by Crippen LogP contribution is -2.53. The summed E-state index contributed by atoms with van der Waals surface area (Å²) < 4.78 is 13.0. The van der Waals surface area contributed by atoms with Gasteiger partial charge in [-0.2, -0.15) is 0 Å². The summed E-state index contributed by atoms with van der Waals surface area (Å²) in [4.78, 5) is 27.4. The van der Waals surface area contributed by atoms with Gasteiger partial charge in [0.1, 0.15) is 11.9 Å². The molecule has 0 spiro atoms. The zero-order chi connectivity index (χ0) is 21.7. The molecule has 0 saturated carbocycles. The third kappa shape index (κ3) is 5.82. The molecule has 1 N–H and O–H groups in total. The van der Waals surface area contributed by atoms with Crippen LogP contribution in [0.25, 0.3) is 0 Å². The van der Waals surface area contributed by atoms with E-state index in [0.29, 0.717) is 24.6 Å². The molecule has 1 unspecified atom stereocenters. The summed E-state index contributed by atoms with van der Waals surface area (Å²) in [5, 5.41) is 3.61. The van der Waals surface area contributed by atoms with E-state index in [4.69, 9.17) is 11.6 Å². The van der Waals surface area contributed by atoms with Crippen molar-refractivity contribution in [3.8, 4) is 0 Å². The number of carbonyl (C=O) groups is 2. The fraction of sp³-hybridized carbons (Fsp3) is 0.417. The molecule has 1 atom stereocenters. The summed E-state index contributed by atoms with van der Waals surface area (Å²) in [6.07, 6.45) is 1.90. The van der Waals surface area contributed by atoms with Crippen LogP contribution in [0.3, 0.4) is 0 Å². The van der Waals surface area contributed by atoms with E-state index in [2.05, 4.69) is 17.4 Å². The maximum atomic E-state index is 13.1. The molecule has 3 rings (SSSR count). The zero-order valence-corrected chi connectivity index (χ0v) is 18.2. The van der Waals surface area contributed by atoms with Gasteiger partial charge in [0, 0.05) is 18.1 Å². The Morgan fingerprint density at radius 1 is 1.07 bits per heavy atom. The van der Waals surface area contributed by atoms with Crippen LogP contribution in [0, 0.1) is 11.7 Å². The van der Waals surface area contributed by atoms with Crippen molar-refractivity contribution in [3.05, 3.63) is 70.5 Å². The monoisotopic (exact) mass is 430 g/mol. The molecule has 0 aliphatic carbocycles. The van der Waals surface area contributed by atoms with Crippen LogP contribution in [0.4, 0.5) is 4.39 Å². The van der Waals surface area contributed by atoms with E-state index >= 15 is 0 Å². The Bertz CT molecular complexity index is 860. The molecule has 1 aliphatic rings. The number of piperidine rings is 1. The number of halogens is 2. The van der Waals surface area contributed by atoms with Crippen LogP contribution in [0.2, 0.25) is 5.02 Å².